The lowest BCUT2D eigenvalue weighted by molar-refractivity contribution is -0.148. The number of rotatable bonds is 9. The smallest absolute Gasteiger partial charge is 0.407 e. The summed E-state index contributed by atoms with van der Waals surface area (Å²) in [7, 11) is 0. The van der Waals surface area contributed by atoms with Crippen molar-refractivity contribution in [1.82, 2.24) is 5.32 Å². The number of allylic oxidation sites excluding steroid dienone is 2. The minimum atomic E-state index is -0.460. The molecule has 0 heterocycles. The summed E-state index contributed by atoms with van der Waals surface area (Å²) in [5.41, 5.74) is -0.460. The van der Waals surface area contributed by atoms with Crippen molar-refractivity contribution in [3.63, 3.8) is 0 Å². The standard InChI is InChI=1S/C18H33NO4/c1-7-16(22-15(3)20)14(2)12-10-8-9-11-13-19-17(21)23-18(4,5)6/h8,10,14,16H,7,9,11-13H2,1-6H3,(H,19,21). The van der Waals surface area contributed by atoms with Crippen LogP contribution in [0.4, 0.5) is 4.79 Å². The normalized spacial score (nSPS) is 14.3. The molecule has 23 heavy (non-hydrogen) atoms. The molecule has 5 nitrogen and oxygen atoms in total. The zero-order valence-corrected chi connectivity index (χ0v) is 15.5. The van der Waals surface area contributed by atoms with Gasteiger partial charge in [-0.15, -0.1) is 0 Å². The van der Waals surface area contributed by atoms with Crippen LogP contribution in [0.2, 0.25) is 0 Å². The largest absolute Gasteiger partial charge is 0.462 e. The second-order valence-corrected chi connectivity index (χ2v) is 6.81. The van der Waals surface area contributed by atoms with E-state index in [1.807, 2.05) is 27.7 Å². The van der Waals surface area contributed by atoms with E-state index >= 15 is 0 Å². The highest BCUT2D eigenvalue weighted by Gasteiger charge is 2.17. The number of unbranched alkanes of at least 4 members (excludes halogenated alkanes) is 1. The van der Waals surface area contributed by atoms with Crippen LogP contribution >= 0.6 is 0 Å². The van der Waals surface area contributed by atoms with Crippen molar-refractivity contribution in [2.75, 3.05) is 6.54 Å². The Morgan fingerprint density at radius 2 is 1.87 bits per heavy atom. The first-order chi connectivity index (χ1) is 10.7. The maximum Gasteiger partial charge on any atom is 0.407 e. The minimum Gasteiger partial charge on any atom is -0.462 e. The van der Waals surface area contributed by atoms with E-state index in [0.717, 1.165) is 25.7 Å². The molecule has 0 saturated carbocycles. The van der Waals surface area contributed by atoms with E-state index in [9.17, 15) is 9.59 Å². The molecule has 0 aliphatic rings. The fraction of sp³-hybridized carbons (Fsp3) is 0.778. The monoisotopic (exact) mass is 327 g/mol. The van der Waals surface area contributed by atoms with Crippen LogP contribution in [-0.4, -0.2) is 30.3 Å². The average molecular weight is 327 g/mol. The molecule has 1 N–H and O–H groups in total. The first-order valence-electron chi connectivity index (χ1n) is 8.44. The predicted molar refractivity (Wildman–Crippen MR) is 92.2 cm³/mol. The molecule has 2 unspecified atom stereocenters. The lowest BCUT2D eigenvalue weighted by Crippen LogP contribution is -2.32. The minimum absolute atomic E-state index is 0.0222. The Kier molecular flexibility index (Phi) is 10.4. The Labute approximate surface area is 140 Å². The van der Waals surface area contributed by atoms with Crippen molar-refractivity contribution < 1.29 is 19.1 Å². The highest BCUT2D eigenvalue weighted by Crippen LogP contribution is 2.16. The number of amides is 1. The summed E-state index contributed by atoms with van der Waals surface area (Å²) in [6, 6.07) is 0. The molecular weight excluding hydrogens is 294 g/mol. The number of ether oxygens (including phenoxy) is 2. The Morgan fingerprint density at radius 3 is 2.39 bits per heavy atom. The van der Waals surface area contributed by atoms with Gasteiger partial charge in [0.15, 0.2) is 0 Å². The predicted octanol–water partition coefficient (Wildman–Crippen LogP) is 4.22. The molecule has 0 bridgehead atoms. The third-order valence-electron chi connectivity index (χ3n) is 3.24. The van der Waals surface area contributed by atoms with Gasteiger partial charge in [0.25, 0.3) is 0 Å². The van der Waals surface area contributed by atoms with E-state index in [4.69, 9.17) is 9.47 Å². The number of hydrogen-bond donors (Lipinski definition) is 1. The second kappa shape index (κ2) is 11.1. The summed E-state index contributed by atoms with van der Waals surface area (Å²) >= 11 is 0. The first-order valence-corrected chi connectivity index (χ1v) is 8.44. The summed E-state index contributed by atoms with van der Waals surface area (Å²) in [6.45, 7) is 11.7. The van der Waals surface area contributed by atoms with Crippen LogP contribution in [0, 0.1) is 5.92 Å². The zero-order valence-electron chi connectivity index (χ0n) is 15.5. The van der Waals surface area contributed by atoms with Crippen LogP contribution in [0.3, 0.4) is 0 Å². The van der Waals surface area contributed by atoms with E-state index in [0.29, 0.717) is 12.5 Å². The first kappa shape index (κ1) is 21.5. The summed E-state index contributed by atoms with van der Waals surface area (Å²) < 4.78 is 10.4. The average Bonchev–Trinajstić information content (AvgIpc) is 2.41. The number of carbonyl (C=O) groups is 2. The van der Waals surface area contributed by atoms with Gasteiger partial charge in [-0.3, -0.25) is 4.79 Å². The van der Waals surface area contributed by atoms with Crippen LogP contribution in [0.15, 0.2) is 12.2 Å². The number of carbonyl (C=O) groups excluding carboxylic acids is 2. The maximum absolute atomic E-state index is 11.4. The van der Waals surface area contributed by atoms with Crippen LogP contribution < -0.4 is 5.32 Å². The van der Waals surface area contributed by atoms with Crippen molar-refractivity contribution in [2.24, 2.45) is 5.92 Å². The van der Waals surface area contributed by atoms with E-state index in [-0.39, 0.29) is 18.2 Å². The fourth-order valence-corrected chi connectivity index (χ4v) is 2.12. The molecule has 0 fully saturated rings. The molecule has 0 aromatic carbocycles. The van der Waals surface area contributed by atoms with Gasteiger partial charge in [-0.05, 0) is 52.4 Å². The Bertz CT molecular complexity index is 385. The molecule has 1 amide bonds. The number of esters is 1. The molecular formula is C18H33NO4. The third kappa shape index (κ3) is 12.7. The van der Waals surface area contributed by atoms with E-state index in [1.165, 1.54) is 6.92 Å². The van der Waals surface area contributed by atoms with Gasteiger partial charge in [-0.2, -0.15) is 0 Å². The molecule has 0 aliphatic carbocycles. The molecule has 0 rings (SSSR count). The molecule has 5 heteroatoms. The van der Waals surface area contributed by atoms with Crippen LogP contribution in [0.5, 0.6) is 0 Å². The highest BCUT2D eigenvalue weighted by molar-refractivity contribution is 5.67. The Hall–Kier alpha value is -1.52. The summed E-state index contributed by atoms with van der Waals surface area (Å²) in [4.78, 5) is 22.5. The van der Waals surface area contributed by atoms with Gasteiger partial charge in [-0.1, -0.05) is 26.0 Å². The Balaban J connectivity index is 3.82. The quantitative estimate of drug-likeness (QED) is 0.391. The highest BCUT2D eigenvalue weighted by atomic mass is 16.6. The van der Waals surface area contributed by atoms with Gasteiger partial charge < -0.3 is 14.8 Å². The van der Waals surface area contributed by atoms with E-state index in [2.05, 4.69) is 24.4 Å². The Morgan fingerprint density at radius 1 is 1.22 bits per heavy atom. The molecule has 0 spiro atoms. The van der Waals surface area contributed by atoms with Gasteiger partial charge in [0.1, 0.15) is 11.7 Å². The number of nitrogens with one attached hydrogen (secondary N) is 1. The molecule has 0 saturated heterocycles. The fourth-order valence-electron chi connectivity index (χ4n) is 2.12. The third-order valence-corrected chi connectivity index (χ3v) is 3.24. The lowest BCUT2D eigenvalue weighted by atomic mass is 9.98. The summed E-state index contributed by atoms with van der Waals surface area (Å²) in [6.07, 6.45) is 7.30. The summed E-state index contributed by atoms with van der Waals surface area (Å²) in [5.74, 6) is 0.0842. The van der Waals surface area contributed by atoms with Crippen LogP contribution in [-0.2, 0) is 14.3 Å². The van der Waals surface area contributed by atoms with Gasteiger partial charge in [0.05, 0.1) is 0 Å². The molecule has 0 aromatic rings. The molecule has 0 aromatic heterocycles. The molecule has 0 aliphatic heterocycles. The van der Waals surface area contributed by atoms with Crippen molar-refractivity contribution in [3.8, 4) is 0 Å². The van der Waals surface area contributed by atoms with Crippen LogP contribution in [0.1, 0.15) is 67.2 Å². The maximum atomic E-state index is 11.4. The van der Waals surface area contributed by atoms with Crippen molar-refractivity contribution in [2.45, 2.75) is 78.9 Å². The topological polar surface area (TPSA) is 64.6 Å². The SMILES string of the molecule is CCC(OC(C)=O)C(C)CC=CCCCNC(=O)OC(C)(C)C. The summed E-state index contributed by atoms with van der Waals surface area (Å²) in [5, 5.41) is 2.74. The van der Waals surface area contributed by atoms with Gasteiger partial charge >= 0.3 is 12.1 Å². The van der Waals surface area contributed by atoms with Crippen LogP contribution in [0.25, 0.3) is 0 Å². The van der Waals surface area contributed by atoms with Gasteiger partial charge in [0, 0.05) is 13.5 Å². The second-order valence-electron chi connectivity index (χ2n) is 6.81. The van der Waals surface area contributed by atoms with E-state index in [1.54, 1.807) is 0 Å². The van der Waals surface area contributed by atoms with E-state index < -0.39 is 5.60 Å². The molecule has 0 radical (unpaired) electrons. The number of alkyl carbamates (subject to hydrolysis) is 1. The van der Waals surface area contributed by atoms with Crippen molar-refractivity contribution in [3.05, 3.63) is 12.2 Å². The molecule has 134 valence electrons. The van der Waals surface area contributed by atoms with Crippen molar-refractivity contribution >= 4 is 12.1 Å². The lowest BCUT2D eigenvalue weighted by Gasteiger charge is -2.21. The van der Waals surface area contributed by atoms with Gasteiger partial charge in [0.2, 0.25) is 0 Å². The molecule has 2 atom stereocenters. The number of hydrogen-bond acceptors (Lipinski definition) is 4. The zero-order chi connectivity index (χ0) is 17.9. The van der Waals surface area contributed by atoms with Gasteiger partial charge in [-0.25, -0.2) is 4.79 Å². The van der Waals surface area contributed by atoms with Crippen molar-refractivity contribution in [1.29, 1.82) is 0 Å².